The average Bonchev–Trinajstić information content (AvgIpc) is 2.78. The molecule has 0 aliphatic rings. The van der Waals surface area contributed by atoms with E-state index in [-0.39, 0.29) is 11.9 Å². The van der Waals surface area contributed by atoms with Gasteiger partial charge in [0, 0.05) is 9.75 Å². The standard InChI is InChI=1S/C13H14BrFN2S/c1-8-5-6-12(18-8)11(17-16)7-9-3-2-4-10(15)13(9)14/h2-6,11,17H,7,16H2,1H3. The number of benzene rings is 1. The normalized spacial score (nSPS) is 12.7. The fourth-order valence-corrected chi connectivity index (χ4v) is 3.17. The van der Waals surface area contributed by atoms with Crippen molar-refractivity contribution in [3.8, 4) is 0 Å². The largest absolute Gasteiger partial charge is 0.271 e. The molecular weight excluding hydrogens is 315 g/mol. The predicted octanol–water partition coefficient (Wildman–Crippen LogP) is 3.71. The number of hydrazine groups is 1. The third-order valence-corrected chi connectivity index (χ3v) is 4.76. The van der Waals surface area contributed by atoms with Gasteiger partial charge in [-0.3, -0.25) is 11.3 Å². The van der Waals surface area contributed by atoms with Gasteiger partial charge in [0.15, 0.2) is 0 Å². The van der Waals surface area contributed by atoms with Crippen molar-refractivity contribution in [3.05, 3.63) is 55.9 Å². The van der Waals surface area contributed by atoms with Crippen molar-refractivity contribution in [1.29, 1.82) is 0 Å². The number of nitrogens with two attached hydrogens (primary N) is 1. The fraction of sp³-hybridized carbons (Fsp3) is 0.231. The van der Waals surface area contributed by atoms with Gasteiger partial charge in [-0.25, -0.2) is 4.39 Å². The van der Waals surface area contributed by atoms with Crippen LogP contribution in [0.1, 0.15) is 21.4 Å². The molecule has 1 aromatic carbocycles. The van der Waals surface area contributed by atoms with Gasteiger partial charge in [0.05, 0.1) is 10.5 Å². The van der Waals surface area contributed by atoms with Crippen LogP contribution in [-0.2, 0) is 6.42 Å². The van der Waals surface area contributed by atoms with Crippen molar-refractivity contribution in [3.63, 3.8) is 0 Å². The molecule has 0 saturated heterocycles. The second-order valence-corrected chi connectivity index (χ2v) is 6.20. The molecule has 0 bridgehead atoms. The molecule has 0 saturated carbocycles. The van der Waals surface area contributed by atoms with Crippen molar-refractivity contribution in [2.24, 2.45) is 5.84 Å². The van der Waals surface area contributed by atoms with Gasteiger partial charge in [-0.1, -0.05) is 12.1 Å². The van der Waals surface area contributed by atoms with E-state index in [2.05, 4.69) is 40.4 Å². The van der Waals surface area contributed by atoms with Gasteiger partial charge in [0.25, 0.3) is 0 Å². The van der Waals surface area contributed by atoms with Crippen LogP contribution in [0.3, 0.4) is 0 Å². The molecule has 1 heterocycles. The highest BCUT2D eigenvalue weighted by Crippen LogP contribution is 2.28. The van der Waals surface area contributed by atoms with Crippen molar-refractivity contribution < 1.29 is 4.39 Å². The Morgan fingerprint density at radius 3 is 2.78 bits per heavy atom. The summed E-state index contributed by atoms with van der Waals surface area (Å²) in [6.07, 6.45) is 0.648. The van der Waals surface area contributed by atoms with E-state index in [9.17, 15) is 4.39 Å². The molecule has 0 spiro atoms. The van der Waals surface area contributed by atoms with Crippen molar-refractivity contribution in [2.75, 3.05) is 0 Å². The summed E-state index contributed by atoms with van der Waals surface area (Å²) in [5, 5.41) is 0. The molecule has 0 aliphatic carbocycles. The molecule has 2 nitrogen and oxygen atoms in total. The summed E-state index contributed by atoms with van der Waals surface area (Å²) < 4.78 is 14.0. The highest BCUT2D eigenvalue weighted by atomic mass is 79.9. The molecule has 0 amide bonds. The van der Waals surface area contributed by atoms with E-state index in [1.54, 1.807) is 17.4 Å². The Balaban J connectivity index is 2.23. The minimum absolute atomic E-state index is 0.00167. The summed E-state index contributed by atoms with van der Waals surface area (Å²) in [6, 6.07) is 9.17. The molecule has 5 heteroatoms. The van der Waals surface area contributed by atoms with Crippen LogP contribution in [0.15, 0.2) is 34.8 Å². The maximum Gasteiger partial charge on any atom is 0.137 e. The summed E-state index contributed by atoms with van der Waals surface area (Å²) in [5.74, 6) is 5.35. The van der Waals surface area contributed by atoms with Crippen LogP contribution in [-0.4, -0.2) is 0 Å². The van der Waals surface area contributed by atoms with E-state index in [1.165, 1.54) is 10.9 Å². The molecular formula is C13H14BrFN2S. The molecule has 1 unspecified atom stereocenters. The summed E-state index contributed by atoms with van der Waals surface area (Å²) in [7, 11) is 0. The minimum atomic E-state index is -0.245. The van der Waals surface area contributed by atoms with E-state index in [1.807, 2.05) is 6.07 Å². The zero-order valence-corrected chi connectivity index (χ0v) is 12.3. The van der Waals surface area contributed by atoms with Crippen molar-refractivity contribution >= 4 is 27.3 Å². The minimum Gasteiger partial charge on any atom is -0.271 e. The van der Waals surface area contributed by atoms with Gasteiger partial charge in [-0.05, 0) is 53.0 Å². The third kappa shape index (κ3) is 2.98. The SMILES string of the molecule is Cc1ccc(C(Cc2cccc(F)c2Br)NN)s1. The van der Waals surface area contributed by atoms with E-state index in [0.29, 0.717) is 10.9 Å². The molecule has 0 radical (unpaired) electrons. The Hall–Kier alpha value is -0.750. The molecule has 2 aromatic rings. The maximum atomic E-state index is 13.4. The lowest BCUT2D eigenvalue weighted by Gasteiger charge is -2.15. The lowest BCUT2D eigenvalue weighted by Crippen LogP contribution is -2.29. The summed E-state index contributed by atoms with van der Waals surface area (Å²) >= 11 is 4.97. The molecule has 96 valence electrons. The first-order valence-electron chi connectivity index (χ1n) is 5.57. The van der Waals surface area contributed by atoms with Gasteiger partial charge in [0.2, 0.25) is 0 Å². The van der Waals surface area contributed by atoms with E-state index < -0.39 is 0 Å². The van der Waals surface area contributed by atoms with Crippen LogP contribution in [0.4, 0.5) is 4.39 Å². The number of thiophene rings is 1. The third-order valence-electron chi connectivity index (χ3n) is 2.76. The van der Waals surface area contributed by atoms with Gasteiger partial charge in [-0.2, -0.15) is 0 Å². The summed E-state index contributed by atoms with van der Waals surface area (Å²) in [4.78, 5) is 2.40. The highest BCUT2D eigenvalue weighted by molar-refractivity contribution is 9.10. The average molecular weight is 329 g/mol. The number of hydrogen-bond donors (Lipinski definition) is 2. The Morgan fingerprint density at radius 2 is 2.17 bits per heavy atom. The van der Waals surface area contributed by atoms with Gasteiger partial charge < -0.3 is 0 Å². The second-order valence-electron chi connectivity index (χ2n) is 4.08. The molecule has 18 heavy (non-hydrogen) atoms. The van der Waals surface area contributed by atoms with Crippen LogP contribution < -0.4 is 11.3 Å². The quantitative estimate of drug-likeness (QED) is 0.663. The Kier molecular flexibility index (Phi) is 4.50. The number of rotatable bonds is 4. The van der Waals surface area contributed by atoms with E-state index in [4.69, 9.17) is 5.84 Å². The monoisotopic (exact) mass is 328 g/mol. The van der Waals surface area contributed by atoms with E-state index in [0.717, 1.165) is 10.4 Å². The maximum absolute atomic E-state index is 13.4. The Labute approximate surface area is 118 Å². The van der Waals surface area contributed by atoms with Crippen LogP contribution in [0.2, 0.25) is 0 Å². The molecule has 2 rings (SSSR count). The van der Waals surface area contributed by atoms with Crippen molar-refractivity contribution in [1.82, 2.24) is 5.43 Å². The van der Waals surface area contributed by atoms with Crippen molar-refractivity contribution in [2.45, 2.75) is 19.4 Å². The Bertz CT molecular complexity index is 542. The van der Waals surface area contributed by atoms with Crippen LogP contribution in [0.5, 0.6) is 0 Å². The number of halogens is 2. The fourth-order valence-electron chi connectivity index (χ4n) is 1.81. The predicted molar refractivity (Wildman–Crippen MR) is 76.9 cm³/mol. The molecule has 1 aromatic heterocycles. The first kappa shape index (κ1) is 13.7. The number of hydrogen-bond acceptors (Lipinski definition) is 3. The van der Waals surface area contributed by atoms with Crippen LogP contribution in [0.25, 0.3) is 0 Å². The highest BCUT2D eigenvalue weighted by Gasteiger charge is 2.15. The summed E-state index contributed by atoms with van der Waals surface area (Å²) in [5.41, 5.74) is 3.70. The first-order valence-corrected chi connectivity index (χ1v) is 7.18. The van der Waals surface area contributed by atoms with E-state index >= 15 is 0 Å². The molecule has 0 fully saturated rings. The molecule has 0 aliphatic heterocycles. The zero-order chi connectivity index (χ0) is 13.1. The Morgan fingerprint density at radius 1 is 1.39 bits per heavy atom. The lowest BCUT2D eigenvalue weighted by molar-refractivity contribution is 0.554. The summed E-state index contributed by atoms with van der Waals surface area (Å²) in [6.45, 7) is 2.06. The van der Waals surface area contributed by atoms with Gasteiger partial charge >= 0.3 is 0 Å². The molecule has 3 N–H and O–H groups in total. The van der Waals surface area contributed by atoms with Crippen LogP contribution in [0, 0.1) is 12.7 Å². The topological polar surface area (TPSA) is 38.0 Å². The smallest absolute Gasteiger partial charge is 0.137 e. The lowest BCUT2D eigenvalue weighted by atomic mass is 10.1. The zero-order valence-electron chi connectivity index (χ0n) is 9.91. The van der Waals surface area contributed by atoms with Gasteiger partial charge in [-0.15, -0.1) is 11.3 Å². The number of nitrogens with one attached hydrogen (secondary N) is 1. The number of aryl methyl sites for hydroxylation is 1. The molecule has 1 atom stereocenters. The van der Waals surface area contributed by atoms with Gasteiger partial charge in [0.1, 0.15) is 5.82 Å². The second kappa shape index (κ2) is 5.93. The van der Waals surface area contributed by atoms with Crippen LogP contribution >= 0.6 is 27.3 Å². The first-order chi connectivity index (χ1) is 8.61.